The van der Waals surface area contributed by atoms with Gasteiger partial charge in [-0.05, 0) is 24.0 Å². The van der Waals surface area contributed by atoms with Gasteiger partial charge in [-0.15, -0.1) is 0 Å². The highest BCUT2D eigenvalue weighted by molar-refractivity contribution is 5.99. The molecule has 1 heterocycles. The highest BCUT2D eigenvalue weighted by Crippen LogP contribution is 2.33. The molecule has 2 N–H and O–H groups in total. The summed E-state index contributed by atoms with van der Waals surface area (Å²) in [7, 11) is 1.46. The molecule has 136 valence electrons. The number of aromatic nitrogens is 1. The van der Waals surface area contributed by atoms with Crippen molar-refractivity contribution in [1.29, 1.82) is 0 Å². The van der Waals surface area contributed by atoms with E-state index in [2.05, 4.69) is 17.6 Å². The van der Waals surface area contributed by atoms with Crippen LogP contribution < -0.4 is 16.2 Å². The van der Waals surface area contributed by atoms with Crippen LogP contribution in [0.1, 0.15) is 46.0 Å². The summed E-state index contributed by atoms with van der Waals surface area (Å²) >= 11 is 0. The molecule has 2 atom stereocenters. The molecule has 6 heteroatoms. The standard InChI is InChI=1S/C20H23N3O3/c1-3-14-10-17(14)22-18(24)15-9-16(19(25)21-2)20(26)23(12-15)11-13-7-5-4-6-8-13/h4-9,12,14,17H,3,10-11H2,1-2H3,(H,21,25)(H,22,24)/t14-,17-/m1/s1. The van der Waals surface area contributed by atoms with E-state index < -0.39 is 11.5 Å². The van der Waals surface area contributed by atoms with Crippen LogP contribution in [0.3, 0.4) is 0 Å². The highest BCUT2D eigenvalue weighted by Gasteiger charge is 2.36. The van der Waals surface area contributed by atoms with Crippen molar-refractivity contribution in [2.45, 2.75) is 32.4 Å². The maximum absolute atomic E-state index is 12.7. The SMILES string of the molecule is CC[C@@H]1C[C@H]1NC(=O)c1cc(C(=O)NC)c(=O)n(Cc2ccccc2)c1. The molecule has 0 radical (unpaired) electrons. The van der Waals surface area contributed by atoms with E-state index in [1.54, 1.807) is 0 Å². The second kappa shape index (κ2) is 7.56. The van der Waals surface area contributed by atoms with Crippen molar-refractivity contribution in [3.63, 3.8) is 0 Å². The van der Waals surface area contributed by atoms with Crippen molar-refractivity contribution in [1.82, 2.24) is 15.2 Å². The van der Waals surface area contributed by atoms with Crippen molar-refractivity contribution in [3.8, 4) is 0 Å². The third-order valence-electron chi connectivity index (χ3n) is 4.78. The maximum Gasteiger partial charge on any atom is 0.263 e. The van der Waals surface area contributed by atoms with Crippen molar-refractivity contribution in [2.75, 3.05) is 7.05 Å². The van der Waals surface area contributed by atoms with Crippen molar-refractivity contribution < 1.29 is 9.59 Å². The number of hydrogen-bond donors (Lipinski definition) is 2. The van der Waals surface area contributed by atoms with Gasteiger partial charge in [0.1, 0.15) is 5.56 Å². The number of nitrogens with one attached hydrogen (secondary N) is 2. The summed E-state index contributed by atoms with van der Waals surface area (Å²) in [6.45, 7) is 2.40. The van der Waals surface area contributed by atoms with E-state index in [4.69, 9.17) is 0 Å². The molecular formula is C20H23N3O3. The molecule has 0 spiro atoms. The van der Waals surface area contributed by atoms with Crippen LogP contribution in [-0.2, 0) is 6.54 Å². The van der Waals surface area contributed by atoms with Crippen LogP contribution >= 0.6 is 0 Å². The fourth-order valence-corrected chi connectivity index (χ4v) is 3.08. The van der Waals surface area contributed by atoms with Crippen molar-refractivity contribution in [3.05, 3.63) is 69.6 Å². The summed E-state index contributed by atoms with van der Waals surface area (Å²) in [5.41, 5.74) is 0.797. The minimum Gasteiger partial charge on any atom is -0.355 e. The summed E-state index contributed by atoms with van der Waals surface area (Å²) < 4.78 is 1.42. The van der Waals surface area contributed by atoms with E-state index in [1.165, 1.54) is 23.9 Å². The molecular weight excluding hydrogens is 330 g/mol. The topological polar surface area (TPSA) is 80.2 Å². The molecule has 0 saturated heterocycles. The molecule has 0 aliphatic heterocycles. The molecule has 1 aliphatic carbocycles. The number of carbonyl (C=O) groups is 2. The molecule has 2 aromatic rings. The largest absolute Gasteiger partial charge is 0.355 e. The maximum atomic E-state index is 12.7. The van der Waals surface area contributed by atoms with Gasteiger partial charge in [0.25, 0.3) is 17.4 Å². The van der Waals surface area contributed by atoms with Crippen LogP contribution in [0.25, 0.3) is 0 Å². The Hall–Kier alpha value is -2.89. The number of hydrogen-bond acceptors (Lipinski definition) is 3. The van der Waals surface area contributed by atoms with Crippen LogP contribution in [0, 0.1) is 5.92 Å². The Bertz CT molecular complexity index is 874. The fourth-order valence-electron chi connectivity index (χ4n) is 3.08. The number of rotatable bonds is 6. The molecule has 26 heavy (non-hydrogen) atoms. The Morgan fingerprint density at radius 1 is 1.19 bits per heavy atom. The zero-order chi connectivity index (χ0) is 18.7. The summed E-state index contributed by atoms with van der Waals surface area (Å²) in [4.78, 5) is 37.3. The summed E-state index contributed by atoms with van der Waals surface area (Å²) in [6, 6.07) is 11.0. The fraction of sp³-hybridized carbons (Fsp3) is 0.350. The van der Waals surface area contributed by atoms with E-state index in [0.717, 1.165) is 18.4 Å². The number of pyridine rings is 1. The molecule has 1 aromatic carbocycles. The Balaban J connectivity index is 1.93. The van der Waals surface area contributed by atoms with Gasteiger partial charge in [0, 0.05) is 19.3 Å². The first-order chi connectivity index (χ1) is 12.5. The summed E-state index contributed by atoms with van der Waals surface area (Å²) in [5, 5.41) is 5.44. The van der Waals surface area contributed by atoms with Gasteiger partial charge in [-0.25, -0.2) is 0 Å². The van der Waals surface area contributed by atoms with Gasteiger partial charge in [-0.3, -0.25) is 14.4 Å². The zero-order valence-electron chi connectivity index (χ0n) is 15.0. The average molecular weight is 353 g/mol. The molecule has 2 amide bonds. The molecule has 3 rings (SSSR count). The lowest BCUT2D eigenvalue weighted by atomic mass is 10.1. The summed E-state index contributed by atoms with van der Waals surface area (Å²) in [5.74, 6) is -0.227. The normalized spacial score (nSPS) is 18.2. The number of carbonyl (C=O) groups excluding carboxylic acids is 2. The average Bonchev–Trinajstić information content (AvgIpc) is 3.41. The minimum atomic E-state index is -0.496. The molecule has 0 bridgehead atoms. The second-order valence-electron chi connectivity index (χ2n) is 6.62. The lowest BCUT2D eigenvalue weighted by Crippen LogP contribution is -2.34. The van der Waals surface area contributed by atoms with E-state index >= 15 is 0 Å². The van der Waals surface area contributed by atoms with Crippen molar-refractivity contribution >= 4 is 11.8 Å². The first-order valence-corrected chi connectivity index (χ1v) is 8.84. The lowest BCUT2D eigenvalue weighted by Gasteiger charge is -2.12. The number of nitrogens with zero attached hydrogens (tertiary/aromatic N) is 1. The van der Waals surface area contributed by atoms with Gasteiger partial charge in [-0.2, -0.15) is 0 Å². The smallest absolute Gasteiger partial charge is 0.263 e. The van der Waals surface area contributed by atoms with Gasteiger partial charge in [0.05, 0.1) is 12.1 Å². The Morgan fingerprint density at radius 3 is 2.54 bits per heavy atom. The van der Waals surface area contributed by atoms with Gasteiger partial charge in [-0.1, -0.05) is 43.7 Å². The number of amides is 2. The third-order valence-corrected chi connectivity index (χ3v) is 4.78. The second-order valence-corrected chi connectivity index (χ2v) is 6.62. The van der Waals surface area contributed by atoms with Gasteiger partial charge in [0.15, 0.2) is 0 Å². The molecule has 1 fully saturated rings. The quantitative estimate of drug-likeness (QED) is 0.831. The van der Waals surface area contributed by atoms with Crippen LogP contribution in [0.15, 0.2) is 47.4 Å². The lowest BCUT2D eigenvalue weighted by molar-refractivity contribution is 0.0948. The van der Waals surface area contributed by atoms with Gasteiger partial charge < -0.3 is 15.2 Å². The van der Waals surface area contributed by atoms with Gasteiger partial charge >= 0.3 is 0 Å². The first kappa shape index (κ1) is 17.9. The monoisotopic (exact) mass is 353 g/mol. The predicted octanol–water partition coefficient (Wildman–Crippen LogP) is 1.78. The van der Waals surface area contributed by atoms with Crippen molar-refractivity contribution in [2.24, 2.45) is 5.92 Å². The molecule has 1 aliphatic rings. The van der Waals surface area contributed by atoms with Gasteiger partial charge in [0.2, 0.25) is 0 Å². The van der Waals surface area contributed by atoms with Crippen LogP contribution in [-0.4, -0.2) is 29.5 Å². The van der Waals surface area contributed by atoms with E-state index in [9.17, 15) is 14.4 Å². The molecule has 1 aromatic heterocycles. The Labute approximate surface area is 152 Å². The minimum absolute atomic E-state index is 0.0288. The van der Waals surface area contributed by atoms with E-state index in [-0.39, 0.29) is 17.5 Å². The zero-order valence-corrected chi connectivity index (χ0v) is 15.0. The van der Waals surface area contributed by atoms with Crippen LogP contribution in [0.2, 0.25) is 0 Å². The molecule has 0 unspecified atom stereocenters. The van der Waals surface area contributed by atoms with Crippen LogP contribution in [0.4, 0.5) is 0 Å². The van der Waals surface area contributed by atoms with Crippen LogP contribution in [0.5, 0.6) is 0 Å². The number of benzene rings is 1. The van der Waals surface area contributed by atoms with E-state index in [1.807, 2.05) is 30.3 Å². The predicted molar refractivity (Wildman–Crippen MR) is 99.3 cm³/mol. The molecule has 6 nitrogen and oxygen atoms in total. The summed E-state index contributed by atoms with van der Waals surface area (Å²) in [6.07, 6.45) is 3.54. The van der Waals surface area contributed by atoms with E-state index in [0.29, 0.717) is 18.0 Å². The highest BCUT2D eigenvalue weighted by atomic mass is 16.2. The first-order valence-electron chi connectivity index (χ1n) is 8.84. The Morgan fingerprint density at radius 2 is 1.92 bits per heavy atom. The third kappa shape index (κ3) is 3.85. The Kier molecular flexibility index (Phi) is 5.21. The molecule has 1 saturated carbocycles.